The summed E-state index contributed by atoms with van der Waals surface area (Å²) in [6, 6.07) is 15.3. The van der Waals surface area contributed by atoms with Crippen molar-refractivity contribution in [3.8, 4) is 11.8 Å². The number of nitro benzene ring substituents is 1. The summed E-state index contributed by atoms with van der Waals surface area (Å²) in [7, 11) is 4.30. The molecule has 0 heterocycles. The Kier molecular flexibility index (Phi) is 12.9. The lowest BCUT2D eigenvalue weighted by Crippen LogP contribution is -2.33. The number of allylic oxidation sites excluding steroid dienone is 2. The van der Waals surface area contributed by atoms with E-state index in [-0.39, 0.29) is 23.0 Å². The molecule has 9 heteroatoms. The number of methoxy groups -OCH3 is 1. The van der Waals surface area contributed by atoms with Gasteiger partial charge in [0.25, 0.3) is 5.69 Å². The van der Waals surface area contributed by atoms with E-state index in [1.807, 2.05) is 54.1 Å². The lowest BCUT2D eigenvalue weighted by Gasteiger charge is -2.27. The zero-order valence-electron chi connectivity index (χ0n) is 18.6. The van der Waals surface area contributed by atoms with Gasteiger partial charge in [-0.25, -0.2) is 0 Å². The van der Waals surface area contributed by atoms with Crippen molar-refractivity contribution < 1.29 is 19.6 Å². The monoisotopic (exact) mass is 469 g/mol. The molecule has 2 aromatic carbocycles. The number of hydrogen-bond donors (Lipinski definition) is 1. The molecule has 0 aromatic heterocycles. The van der Waals surface area contributed by atoms with Crippen LogP contribution in [0.5, 0.6) is 5.75 Å². The summed E-state index contributed by atoms with van der Waals surface area (Å²) >= 11 is 0. The molecule has 3 rings (SSSR count). The number of aldehydes is 1. The summed E-state index contributed by atoms with van der Waals surface area (Å²) in [5.41, 5.74) is 0.925. The van der Waals surface area contributed by atoms with E-state index < -0.39 is 4.92 Å². The van der Waals surface area contributed by atoms with E-state index in [1.54, 1.807) is 13.2 Å². The van der Waals surface area contributed by atoms with Crippen molar-refractivity contribution in [2.75, 3.05) is 7.11 Å². The van der Waals surface area contributed by atoms with Gasteiger partial charge in [-0.15, -0.1) is 0 Å². The lowest BCUT2D eigenvalue weighted by molar-refractivity contribution is -0.384. The fourth-order valence-corrected chi connectivity index (χ4v) is 2.92. The molecule has 1 aliphatic rings. The van der Waals surface area contributed by atoms with Crippen LogP contribution in [0.25, 0.3) is 0 Å². The maximum absolute atomic E-state index is 10.5. The Morgan fingerprint density at radius 3 is 2.55 bits per heavy atom. The molecule has 0 bridgehead atoms. The zero-order valence-corrected chi connectivity index (χ0v) is 19.7. The third-order valence-electron chi connectivity index (χ3n) is 4.47. The second-order valence-electron chi connectivity index (χ2n) is 6.93. The molecule has 8 nitrogen and oxygen atoms in total. The van der Waals surface area contributed by atoms with Crippen molar-refractivity contribution in [3.05, 3.63) is 94.1 Å². The number of ether oxygens (including phenoxy) is 1. The highest BCUT2D eigenvalue weighted by atomic mass is 31.0. The minimum Gasteiger partial charge on any atom is -0.507 e. The first-order chi connectivity index (χ1) is 15.8. The average Bonchev–Trinajstić information content (AvgIpc) is 2.85. The van der Waals surface area contributed by atoms with Crippen LogP contribution >= 0.6 is 9.39 Å². The minimum absolute atomic E-state index is 0.0313. The Balaban J connectivity index is 0.000000250. The fourth-order valence-electron chi connectivity index (χ4n) is 2.63. The number of aromatic hydroxyl groups is 1. The van der Waals surface area contributed by atoms with E-state index in [0.29, 0.717) is 12.6 Å². The van der Waals surface area contributed by atoms with Crippen LogP contribution in [0.1, 0.15) is 24.5 Å². The zero-order chi connectivity index (χ0) is 24.6. The molecular weight excluding hydrogens is 441 g/mol. The van der Waals surface area contributed by atoms with Gasteiger partial charge >= 0.3 is 0 Å². The standard InChI is InChI=1S/C9H14NOP.C8H10O.C7H4N2O3/c1-8(7-11)10(12)9-5-3-2-4-6-9;1-9-7-8-5-3-2-4-6-8;8-4-5-3-6(9(11)12)1-2-7(5)10/h2-5,7-9H,6,12H2,1H3;2-6H,7H2,1H3;1-3,10H/t8-,9?;;/m0../s1. The topological polar surface area (TPSA) is 117 Å². The van der Waals surface area contributed by atoms with Gasteiger partial charge in [0.15, 0.2) is 0 Å². The van der Waals surface area contributed by atoms with E-state index in [1.165, 1.54) is 5.56 Å². The quantitative estimate of drug-likeness (QED) is 0.285. The highest BCUT2D eigenvalue weighted by molar-refractivity contribution is 7.13. The summed E-state index contributed by atoms with van der Waals surface area (Å²) < 4.78 is 6.92. The molecular formula is C24H28N3O5P. The van der Waals surface area contributed by atoms with Crippen LogP contribution in [0.3, 0.4) is 0 Å². The van der Waals surface area contributed by atoms with Gasteiger partial charge in [-0.3, -0.25) is 14.8 Å². The first kappa shape index (κ1) is 27.7. The van der Waals surface area contributed by atoms with Crippen LogP contribution in [0.15, 0.2) is 72.8 Å². The molecule has 0 radical (unpaired) electrons. The number of phenols is 1. The van der Waals surface area contributed by atoms with Crippen LogP contribution in [-0.4, -0.2) is 40.2 Å². The Morgan fingerprint density at radius 2 is 2.03 bits per heavy atom. The number of carbonyl (C=O) groups is 1. The molecule has 0 spiro atoms. The molecule has 2 unspecified atom stereocenters. The van der Waals surface area contributed by atoms with Crippen molar-refractivity contribution in [1.29, 1.82) is 5.26 Å². The molecule has 174 valence electrons. The van der Waals surface area contributed by atoms with E-state index in [2.05, 4.69) is 21.5 Å². The third kappa shape index (κ3) is 10.2. The summed E-state index contributed by atoms with van der Waals surface area (Å²) in [5.74, 6) is -0.247. The SMILES string of the molecule is COCc1ccccc1.C[C@@H](C=O)N(P)C1C=CC=CC1.N#Cc1cc([N+](=O)[O-])ccc1O. The van der Waals surface area contributed by atoms with Gasteiger partial charge in [0.2, 0.25) is 0 Å². The number of rotatable bonds is 6. The molecule has 0 aliphatic heterocycles. The summed E-state index contributed by atoms with van der Waals surface area (Å²) in [6.45, 7) is 2.60. The van der Waals surface area contributed by atoms with E-state index >= 15 is 0 Å². The first-order valence-electron chi connectivity index (χ1n) is 10.1. The number of non-ortho nitro benzene ring substituents is 1. The molecule has 0 saturated carbocycles. The number of nitrogens with zero attached hydrogens (tertiary/aromatic N) is 3. The summed E-state index contributed by atoms with van der Waals surface area (Å²) in [6.07, 6.45) is 10.2. The van der Waals surface area contributed by atoms with Crippen LogP contribution in [-0.2, 0) is 16.1 Å². The molecule has 3 atom stereocenters. The fraction of sp³-hybridized carbons (Fsp3) is 0.250. The minimum atomic E-state index is -0.625. The molecule has 1 N–H and O–H groups in total. The predicted octanol–water partition coefficient (Wildman–Crippen LogP) is 4.56. The van der Waals surface area contributed by atoms with E-state index in [4.69, 9.17) is 15.1 Å². The van der Waals surface area contributed by atoms with Crippen molar-refractivity contribution in [2.24, 2.45) is 0 Å². The van der Waals surface area contributed by atoms with Gasteiger partial charge in [0.05, 0.1) is 17.6 Å². The second-order valence-corrected chi connectivity index (χ2v) is 7.53. The highest BCUT2D eigenvalue weighted by Gasteiger charge is 2.16. The Morgan fingerprint density at radius 1 is 1.33 bits per heavy atom. The Labute approximate surface area is 196 Å². The summed E-state index contributed by atoms with van der Waals surface area (Å²) in [5, 5.41) is 27.6. The second kappa shape index (κ2) is 15.4. The normalized spacial score (nSPS) is 14.7. The van der Waals surface area contributed by atoms with Crippen LogP contribution < -0.4 is 0 Å². The van der Waals surface area contributed by atoms with Gasteiger partial charge in [0, 0.05) is 25.3 Å². The number of hydrogen-bond acceptors (Lipinski definition) is 7. The number of phenolic OH excluding ortho intramolecular Hbond substituents is 1. The van der Waals surface area contributed by atoms with Crippen LogP contribution in [0.4, 0.5) is 5.69 Å². The summed E-state index contributed by atoms with van der Waals surface area (Å²) in [4.78, 5) is 20.1. The van der Waals surface area contributed by atoms with E-state index in [9.17, 15) is 14.9 Å². The lowest BCUT2D eigenvalue weighted by atomic mass is 10.1. The van der Waals surface area contributed by atoms with Crippen molar-refractivity contribution in [2.45, 2.75) is 32.0 Å². The van der Waals surface area contributed by atoms with Crippen LogP contribution in [0, 0.1) is 21.4 Å². The molecule has 0 fully saturated rings. The third-order valence-corrected chi connectivity index (χ3v) is 5.33. The number of nitriles is 1. The molecule has 1 aliphatic carbocycles. The van der Waals surface area contributed by atoms with Gasteiger partial charge in [-0.2, -0.15) is 5.26 Å². The van der Waals surface area contributed by atoms with Gasteiger partial charge in [0.1, 0.15) is 23.7 Å². The number of carbonyl (C=O) groups excluding carboxylic acids is 1. The van der Waals surface area contributed by atoms with Crippen LogP contribution in [0.2, 0.25) is 0 Å². The van der Waals surface area contributed by atoms with Gasteiger partial charge < -0.3 is 14.6 Å². The van der Waals surface area contributed by atoms with E-state index in [0.717, 1.165) is 30.9 Å². The maximum Gasteiger partial charge on any atom is 0.271 e. The number of benzene rings is 2. The van der Waals surface area contributed by atoms with Crippen molar-refractivity contribution in [1.82, 2.24) is 4.67 Å². The average molecular weight is 469 g/mol. The molecule has 2 aromatic rings. The number of nitro groups is 1. The van der Waals surface area contributed by atoms with Crippen molar-refractivity contribution in [3.63, 3.8) is 0 Å². The molecule has 33 heavy (non-hydrogen) atoms. The molecule has 0 amide bonds. The maximum atomic E-state index is 10.5. The molecule has 0 saturated heterocycles. The van der Waals surface area contributed by atoms with Gasteiger partial charge in [-0.1, -0.05) is 64.0 Å². The predicted molar refractivity (Wildman–Crippen MR) is 130 cm³/mol. The van der Waals surface area contributed by atoms with Crippen molar-refractivity contribution >= 4 is 21.4 Å². The highest BCUT2D eigenvalue weighted by Crippen LogP contribution is 2.21. The Bertz CT molecular complexity index is 989. The smallest absolute Gasteiger partial charge is 0.271 e. The largest absolute Gasteiger partial charge is 0.507 e. The first-order valence-corrected chi connectivity index (χ1v) is 10.6. The van der Waals surface area contributed by atoms with Gasteiger partial charge in [-0.05, 0) is 25.0 Å². The Hall–Kier alpha value is -3.37.